The Morgan fingerprint density at radius 1 is 0.727 bits per heavy atom. The van der Waals surface area contributed by atoms with Gasteiger partial charge in [0.05, 0.1) is 0 Å². The van der Waals surface area contributed by atoms with E-state index < -0.39 is 7.12 Å². The van der Waals surface area contributed by atoms with E-state index in [2.05, 4.69) is 23.2 Å². The van der Waals surface area contributed by atoms with Crippen LogP contribution in [-0.4, -0.2) is 22.2 Å². The standard InChI is InChI=1S/C18H14BNO2/c21-19(22)16-7-3-1-5-13(16)12-9-10-18-15(11-12)14-6-2-4-8-17(14)20-18/h1-11,20-22H. The highest BCUT2D eigenvalue weighted by molar-refractivity contribution is 6.60. The van der Waals surface area contributed by atoms with Crippen LogP contribution in [0.2, 0.25) is 0 Å². The van der Waals surface area contributed by atoms with E-state index in [9.17, 15) is 10.0 Å². The van der Waals surface area contributed by atoms with Crippen molar-refractivity contribution in [2.75, 3.05) is 0 Å². The van der Waals surface area contributed by atoms with Gasteiger partial charge in [0.15, 0.2) is 0 Å². The first-order chi connectivity index (χ1) is 10.7. The number of aromatic nitrogens is 1. The fraction of sp³-hybridized carbons (Fsp3) is 0. The molecule has 0 aliphatic carbocycles. The zero-order valence-electron chi connectivity index (χ0n) is 11.8. The largest absolute Gasteiger partial charge is 0.489 e. The van der Waals surface area contributed by atoms with Gasteiger partial charge in [-0.25, -0.2) is 0 Å². The summed E-state index contributed by atoms with van der Waals surface area (Å²) in [6, 6.07) is 21.7. The second-order valence-corrected chi connectivity index (χ2v) is 5.39. The Labute approximate surface area is 128 Å². The molecule has 0 aliphatic rings. The lowest BCUT2D eigenvalue weighted by Gasteiger charge is -2.09. The number of rotatable bonds is 2. The molecule has 4 aromatic rings. The highest BCUT2D eigenvalue weighted by atomic mass is 16.4. The molecule has 0 bridgehead atoms. The summed E-state index contributed by atoms with van der Waals surface area (Å²) in [5, 5.41) is 21.4. The molecule has 4 rings (SSSR count). The molecule has 0 radical (unpaired) electrons. The molecule has 0 atom stereocenters. The number of hydrogen-bond donors (Lipinski definition) is 3. The molecule has 0 saturated heterocycles. The minimum atomic E-state index is -1.48. The Bertz CT molecular complexity index is 975. The van der Waals surface area contributed by atoms with Crippen molar-refractivity contribution in [3.8, 4) is 11.1 Å². The monoisotopic (exact) mass is 287 g/mol. The Morgan fingerprint density at radius 3 is 2.32 bits per heavy atom. The van der Waals surface area contributed by atoms with Gasteiger partial charge in [0, 0.05) is 21.8 Å². The summed E-state index contributed by atoms with van der Waals surface area (Å²) in [4.78, 5) is 3.40. The average molecular weight is 287 g/mol. The lowest BCUT2D eigenvalue weighted by atomic mass is 9.75. The van der Waals surface area contributed by atoms with Crippen LogP contribution in [0.15, 0.2) is 66.7 Å². The van der Waals surface area contributed by atoms with Crippen molar-refractivity contribution in [3.63, 3.8) is 0 Å². The average Bonchev–Trinajstić information content (AvgIpc) is 2.92. The number of fused-ring (bicyclic) bond motifs is 3. The van der Waals surface area contributed by atoms with Crippen molar-refractivity contribution in [3.05, 3.63) is 66.7 Å². The third-order valence-electron chi connectivity index (χ3n) is 4.06. The first-order valence-electron chi connectivity index (χ1n) is 7.20. The number of aromatic amines is 1. The smallest absolute Gasteiger partial charge is 0.423 e. The van der Waals surface area contributed by atoms with Gasteiger partial charge in [0.25, 0.3) is 0 Å². The maximum Gasteiger partial charge on any atom is 0.489 e. The molecule has 1 aromatic heterocycles. The van der Waals surface area contributed by atoms with Crippen LogP contribution >= 0.6 is 0 Å². The molecule has 106 valence electrons. The molecule has 3 N–H and O–H groups in total. The summed E-state index contributed by atoms with van der Waals surface area (Å²) in [5.74, 6) is 0. The molecule has 22 heavy (non-hydrogen) atoms. The van der Waals surface area contributed by atoms with E-state index in [1.807, 2.05) is 42.5 Å². The van der Waals surface area contributed by atoms with Gasteiger partial charge in [-0.05, 0) is 34.8 Å². The summed E-state index contributed by atoms with van der Waals surface area (Å²) in [7, 11) is -1.48. The van der Waals surface area contributed by atoms with Gasteiger partial charge in [-0.1, -0.05) is 48.5 Å². The van der Waals surface area contributed by atoms with Gasteiger partial charge < -0.3 is 15.0 Å². The Balaban J connectivity index is 1.98. The normalized spacial score (nSPS) is 11.2. The van der Waals surface area contributed by atoms with E-state index in [4.69, 9.17) is 0 Å². The Hall–Kier alpha value is -2.56. The molecule has 0 amide bonds. The van der Waals surface area contributed by atoms with Gasteiger partial charge in [-0.15, -0.1) is 0 Å². The first kappa shape index (κ1) is 13.1. The SMILES string of the molecule is OB(O)c1ccccc1-c1ccc2[nH]c3ccccc3c2c1. The van der Waals surface area contributed by atoms with Crippen LogP contribution in [0.5, 0.6) is 0 Å². The van der Waals surface area contributed by atoms with Crippen molar-refractivity contribution in [1.29, 1.82) is 0 Å². The predicted octanol–water partition coefficient (Wildman–Crippen LogP) is 2.67. The van der Waals surface area contributed by atoms with E-state index in [1.54, 1.807) is 6.07 Å². The third kappa shape index (κ3) is 2.01. The molecule has 0 aliphatic heterocycles. The maximum atomic E-state index is 9.56. The van der Waals surface area contributed by atoms with Crippen LogP contribution in [0.3, 0.4) is 0 Å². The van der Waals surface area contributed by atoms with E-state index in [1.165, 1.54) is 5.39 Å². The zero-order chi connectivity index (χ0) is 15.1. The van der Waals surface area contributed by atoms with E-state index >= 15 is 0 Å². The van der Waals surface area contributed by atoms with Crippen LogP contribution in [0, 0.1) is 0 Å². The van der Waals surface area contributed by atoms with Crippen LogP contribution < -0.4 is 5.46 Å². The molecule has 3 nitrogen and oxygen atoms in total. The van der Waals surface area contributed by atoms with E-state index in [0.29, 0.717) is 5.46 Å². The number of benzene rings is 3. The zero-order valence-corrected chi connectivity index (χ0v) is 11.8. The number of para-hydroxylation sites is 1. The maximum absolute atomic E-state index is 9.56. The fourth-order valence-corrected chi connectivity index (χ4v) is 3.00. The molecule has 0 saturated carbocycles. The highest BCUT2D eigenvalue weighted by Crippen LogP contribution is 2.29. The van der Waals surface area contributed by atoms with Crippen molar-refractivity contribution in [1.82, 2.24) is 4.98 Å². The van der Waals surface area contributed by atoms with Gasteiger partial charge >= 0.3 is 7.12 Å². The van der Waals surface area contributed by atoms with Crippen molar-refractivity contribution < 1.29 is 10.0 Å². The van der Waals surface area contributed by atoms with Crippen LogP contribution in [0.1, 0.15) is 0 Å². The summed E-state index contributed by atoms with van der Waals surface area (Å²) >= 11 is 0. The molecule has 0 spiro atoms. The fourth-order valence-electron chi connectivity index (χ4n) is 3.00. The summed E-state index contributed by atoms with van der Waals surface area (Å²) < 4.78 is 0. The second kappa shape index (κ2) is 5.02. The summed E-state index contributed by atoms with van der Waals surface area (Å²) in [6.45, 7) is 0. The van der Waals surface area contributed by atoms with E-state index in [0.717, 1.165) is 27.5 Å². The molecular weight excluding hydrogens is 273 g/mol. The Kier molecular flexibility index (Phi) is 3.00. The van der Waals surface area contributed by atoms with Gasteiger partial charge in [-0.3, -0.25) is 0 Å². The number of hydrogen-bond acceptors (Lipinski definition) is 2. The van der Waals surface area contributed by atoms with E-state index in [-0.39, 0.29) is 0 Å². The molecule has 3 aromatic carbocycles. The topological polar surface area (TPSA) is 56.2 Å². The molecule has 0 fully saturated rings. The van der Waals surface area contributed by atoms with Crippen molar-refractivity contribution in [2.24, 2.45) is 0 Å². The Morgan fingerprint density at radius 2 is 1.45 bits per heavy atom. The van der Waals surface area contributed by atoms with Gasteiger partial charge in [-0.2, -0.15) is 0 Å². The number of nitrogens with one attached hydrogen (secondary N) is 1. The minimum absolute atomic E-state index is 0.515. The highest BCUT2D eigenvalue weighted by Gasteiger charge is 2.16. The van der Waals surface area contributed by atoms with Gasteiger partial charge in [0.2, 0.25) is 0 Å². The quantitative estimate of drug-likeness (QED) is 0.496. The number of H-pyrrole nitrogens is 1. The van der Waals surface area contributed by atoms with Crippen LogP contribution in [0.25, 0.3) is 32.9 Å². The minimum Gasteiger partial charge on any atom is -0.423 e. The summed E-state index contributed by atoms with van der Waals surface area (Å²) in [6.07, 6.45) is 0. The van der Waals surface area contributed by atoms with Gasteiger partial charge in [0.1, 0.15) is 0 Å². The lowest BCUT2D eigenvalue weighted by Crippen LogP contribution is -2.31. The third-order valence-corrected chi connectivity index (χ3v) is 4.06. The lowest BCUT2D eigenvalue weighted by molar-refractivity contribution is 0.426. The van der Waals surface area contributed by atoms with Crippen LogP contribution in [0.4, 0.5) is 0 Å². The molecule has 1 heterocycles. The summed E-state index contributed by atoms with van der Waals surface area (Å²) in [5.41, 5.74) is 4.50. The van der Waals surface area contributed by atoms with Crippen molar-refractivity contribution in [2.45, 2.75) is 0 Å². The predicted molar refractivity (Wildman–Crippen MR) is 91.1 cm³/mol. The molecule has 4 heteroatoms. The first-order valence-corrected chi connectivity index (χ1v) is 7.20. The second-order valence-electron chi connectivity index (χ2n) is 5.39. The molecule has 0 unspecified atom stereocenters. The van der Waals surface area contributed by atoms with Crippen LogP contribution in [-0.2, 0) is 0 Å². The van der Waals surface area contributed by atoms with Crippen molar-refractivity contribution >= 4 is 34.4 Å². The molecular formula is C18H14BNO2.